The van der Waals surface area contributed by atoms with Crippen LogP contribution in [-0.2, 0) is 0 Å². The first-order valence-corrected chi connectivity index (χ1v) is 17.1. The number of allylic oxidation sites excluding steroid dienone is 24. The fourth-order valence-electron chi connectivity index (χ4n) is 4.83. The lowest BCUT2D eigenvalue weighted by Gasteiger charge is -2.01. The van der Waals surface area contributed by atoms with Crippen LogP contribution in [0.4, 0.5) is 0 Å². The van der Waals surface area contributed by atoms with E-state index in [0.29, 0.717) is 0 Å². The van der Waals surface area contributed by atoms with Crippen LogP contribution < -0.4 is 5.73 Å². The molecule has 2 heterocycles. The normalized spacial score (nSPS) is 13.8. The van der Waals surface area contributed by atoms with E-state index in [1.165, 1.54) is 6.20 Å². The van der Waals surface area contributed by atoms with E-state index in [1.54, 1.807) is 12.4 Å². The fraction of sp³-hybridized carbons (Fsp3) is 0.0625. The van der Waals surface area contributed by atoms with Gasteiger partial charge >= 0.3 is 0 Å². The topological polar surface area (TPSA) is 64.7 Å². The Bertz CT molecular complexity index is 2200. The minimum atomic E-state index is 0.769. The highest BCUT2D eigenvalue weighted by Gasteiger charge is 2.15. The van der Waals surface area contributed by atoms with E-state index in [-0.39, 0.29) is 0 Å². The van der Waals surface area contributed by atoms with Gasteiger partial charge in [0, 0.05) is 40.2 Å². The van der Waals surface area contributed by atoms with Gasteiger partial charge in [0.05, 0.1) is 0 Å². The number of rotatable bonds is 15. The van der Waals surface area contributed by atoms with Crippen molar-refractivity contribution >= 4 is 56.8 Å². The predicted molar refractivity (Wildman–Crippen MR) is 231 cm³/mol. The summed E-state index contributed by atoms with van der Waals surface area (Å²) in [5.74, 6) is 0.781. The number of fused-ring (bicyclic) bond motifs is 4. The molecule has 262 valence electrons. The van der Waals surface area contributed by atoms with Gasteiger partial charge in [0.2, 0.25) is 0 Å². The molecular weight excluding hydrogens is 637 g/mol. The van der Waals surface area contributed by atoms with E-state index in [1.807, 2.05) is 173 Å². The van der Waals surface area contributed by atoms with Crippen molar-refractivity contribution in [3.63, 3.8) is 0 Å². The summed E-state index contributed by atoms with van der Waals surface area (Å²) in [6.45, 7) is 13.1. The Morgan fingerprint density at radius 2 is 1.13 bits per heavy atom. The van der Waals surface area contributed by atoms with Crippen molar-refractivity contribution in [2.75, 3.05) is 0 Å². The third kappa shape index (κ3) is 12.7. The van der Waals surface area contributed by atoms with Crippen LogP contribution in [-0.4, -0.2) is 6.21 Å². The zero-order chi connectivity index (χ0) is 37.2. The zero-order valence-corrected chi connectivity index (χ0v) is 30.3. The Kier molecular flexibility index (Phi) is 18.1. The lowest BCUT2D eigenvalue weighted by molar-refractivity contribution is 0.601. The monoisotopic (exact) mass is 684 g/mol. The summed E-state index contributed by atoms with van der Waals surface area (Å²) in [6.07, 6.45) is 54.2. The molecule has 0 spiro atoms. The van der Waals surface area contributed by atoms with Crippen LogP contribution in [0.5, 0.6) is 0 Å². The molecule has 0 bridgehead atoms. The highest BCUT2D eigenvalue weighted by molar-refractivity contribution is 6.11. The molecule has 0 aliphatic carbocycles. The largest absolute Gasteiger partial charge is 0.456 e. The number of hydrogen-bond acceptors (Lipinski definition) is 4. The van der Waals surface area contributed by atoms with E-state index >= 15 is 0 Å². The molecule has 0 aliphatic heterocycles. The van der Waals surface area contributed by atoms with E-state index in [2.05, 4.69) is 54.2 Å². The van der Waals surface area contributed by atoms with Crippen LogP contribution in [0, 0.1) is 0 Å². The average molecular weight is 685 g/mol. The molecule has 2 aromatic heterocycles. The van der Waals surface area contributed by atoms with Crippen LogP contribution in [0.3, 0.4) is 0 Å². The molecule has 0 radical (unpaired) electrons. The van der Waals surface area contributed by atoms with Crippen molar-refractivity contribution in [1.82, 2.24) is 0 Å². The van der Waals surface area contributed by atoms with E-state index in [0.717, 1.165) is 55.4 Å². The lowest BCUT2D eigenvalue weighted by Crippen LogP contribution is -1.80. The summed E-state index contributed by atoms with van der Waals surface area (Å²) in [5.41, 5.74) is 10.1. The molecule has 4 nitrogen and oxygen atoms in total. The summed E-state index contributed by atoms with van der Waals surface area (Å²) < 4.78 is 12.6. The number of furan rings is 2. The molecule has 52 heavy (non-hydrogen) atoms. The number of nitrogens with two attached hydrogens (primary N) is 1. The summed E-state index contributed by atoms with van der Waals surface area (Å²) >= 11 is 0. The number of aliphatic imine (C=N–C) groups is 1. The van der Waals surface area contributed by atoms with E-state index in [9.17, 15) is 0 Å². The summed E-state index contributed by atoms with van der Waals surface area (Å²) in [7, 11) is 0. The average Bonchev–Trinajstić information content (AvgIpc) is 3.68. The van der Waals surface area contributed by atoms with Gasteiger partial charge in [-0.1, -0.05) is 153 Å². The fourth-order valence-corrected chi connectivity index (χ4v) is 4.83. The van der Waals surface area contributed by atoms with Crippen LogP contribution in [0.2, 0.25) is 0 Å². The Morgan fingerprint density at radius 3 is 1.79 bits per heavy atom. The Balaban J connectivity index is 0.00000235. The van der Waals surface area contributed by atoms with E-state index < -0.39 is 0 Å². The molecule has 0 saturated carbocycles. The highest BCUT2D eigenvalue weighted by atomic mass is 16.3. The number of nitrogens with zero attached hydrogens (tertiary/aromatic N) is 1. The molecule has 0 unspecified atom stereocenters. The van der Waals surface area contributed by atoms with Crippen LogP contribution in [0.1, 0.15) is 37.7 Å². The highest BCUT2D eigenvalue weighted by Crippen LogP contribution is 2.37. The van der Waals surface area contributed by atoms with Crippen molar-refractivity contribution in [2.24, 2.45) is 10.7 Å². The van der Waals surface area contributed by atoms with Crippen molar-refractivity contribution in [1.29, 1.82) is 0 Å². The lowest BCUT2D eigenvalue weighted by atomic mass is 10.0. The maximum Gasteiger partial charge on any atom is 0.139 e. The molecule has 0 atom stereocenters. The van der Waals surface area contributed by atoms with Gasteiger partial charge in [-0.05, 0) is 74.5 Å². The summed E-state index contributed by atoms with van der Waals surface area (Å²) in [6, 6.07) is 10.4. The quantitative estimate of drug-likeness (QED) is 0.100. The Morgan fingerprint density at radius 1 is 0.577 bits per heavy atom. The molecule has 0 amide bonds. The van der Waals surface area contributed by atoms with Crippen molar-refractivity contribution in [2.45, 2.75) is 20.8 Å². The molecule has 2 aromatic carbocycles. The van der Waals surface area contributed by atoms with Crippen LogP contribution in [0.15, 0.2) is 209 Å². The van der Waals surface area contributed by atoms with Crippen molar-refractivity contribution < 1.29 is 8.83 Å². The Labute approximate surface area is 308 Å². The first kappa shape index (κ1) is 39.8. The summed E-state index contributed by atoms with van der Waals surface area (Å²) in [4.78, 5) is 4.31. The molecule has 4 heteroatoms. The van der Waals surface area contributed by atoms with Crippen LogP contribution in [0.25, 0.3) is 50.6 Å². The molecule has 4 aromatic rings. The smallest absolute Gasteiger partial charge is 0.139 e. The SMILES string of the molecule is C=C/C(=C\C=C/C)c1ccc2c(c1)oc1cc3oc(/C=C/C=C/C)c(\C=C/C=C/C=N/C=C\C=C/C=C/C=C/C=C\C=C/C=C/C)c3cc12.C=CN. The number of benzene rings is 2. The minimum absolute atomic E-state index is 0.769. The van der Waals surface area contributed by atoms with Gasteiger partial charge in [-0.25, -0.2) is 0 Å². The van der Waals surface area contributed by atoms with Gasteiger partial charge in [-0.2, -0.15) is 0 Å². The van der Waals surface area contributed by atoms with E-state index in [4.69, 9.17) is 8.83 Å². The molecule has 4 rings (SSSR count). The van der Waals surface area contributed by atoms with Crippen molar-refractivity contribution in [3.05, 3.63) is 213 Å². The van der Waals surface area contributed by atoms with Gasteiger partial charge in [0.25, 0.3) is 0 Å². The predicted octanol–water partition coefficient (Wildman–Crippen LogP) is 13.7. The number of hydrogen-bond donors (Lipinski definition) is 1. The second-order valence-electron chi connectivity index (χ2n) is 10.8. The minimum Gasteiger partial charge on any atom is -0.456 e. The maximum atomic E-state index is 6.32. The standard InChI is InChI=1S/C46H43NO2.C2H5N/c1-5-9-12-13-14-15-16-17-18-19-20-21-25-32-47-33-26-22-24-28-39-41-35-42-40-31-30-38(37(8-4)27-11-7-3)34-44(40)49-46(42)36-45(41)48-43(39)29-23-10-6-2;1-2-3/h5-36H,4H2,1-3H3;2H,1,3H2/b9-5+,10-6+,11-7-,13-12-,15-14-,17-16+,19-18+,21-20-,26-22+,28-24-,29-23+,32-25-,37-27+,47-33+;. The molecule has 2 N–H and O–H groups in total. The Hall–Kier alpha value is -6.65. The maximum absolute atomic E-state index is 6.32. The van der Waals surface area contributed by atoms with Gasteiger partial charge in [0.1, 0.15) is 22.5 Å². The van der Waals surface area contributed by atoms with Gasteiger partial charge in [-0.3, -0.25) is 4.99 Å². The first-order valence-electron chi connectivity index (χ1n) is 17.1. The second kappa shape index (κ2) is 23.7. The van der Waals surface area contributed by atoms with Crippen LogP contribution >= 0.6 is 0 Å². The van der Waals surface area contributed by atoms with Crippen molar-refractivity contribution in [3.8, 4) is 0 Å². The third-order valence-electron chi connectivity index (χ3n) is 7.17. The van der Waals surface area contributed by atoms with Gasteiger partial charge in [0.15, 0.2) is 0 Å². The molecule has 0 fully saturated rings. The first-order chi connectivity index (χ1) is 25.6. The molecule has 0 aliphatic rings. The van der Waals surface area contributed by atoms with Gasteiger partial charge < -0.3 is 14.6 Å². The third-order valence-corrected chi connectivity index (χ3v) is 7.17. The van der Waals surface area contributed by atoms with Gasteiger partial charge in [-0.15, -0.1) is 0 Å². The summed E-state index contributed by atoms with van der Waals surface area (Å²) in [5, 5.41) is 3.12. The molecule has 0 saturated heterocycles. The second-order valence-corrected chi connectivity index (χ2v) is 10.8. The zero-order valence-electron chi connectivity index (χ0n) is 30.3. The molecular formula is C48H48N2O2.